The van der Waals surface area contributed by atoms with Gasteiger partial charge >= 0.3 is 11.9 Å². The summed E-state index contributed by atoms with van der Waals surface area (Å²) in [6, 6.07) is -0.924. The molecule has 2 unspecified atom stereocenters. The van der Waals surface area contributed by atoms with Gasteiger partial charge in [0.2, 0.25) is 5.91 Å². The molecule has 3 atom stereocenters. The molecule has 1 heterocycles. The number of carboxylic acids is 1. The molecular weight excluding hydrogens is 298 g/mol. The van der Waals surface area contributed by atoms with Gasteiger partial charge < -0.3 is 19.5 Å². The van der Waals surface area contributed by atoms with Gasteiger partial charge in [-0.25, -0.2) is 9.59 Å². The number of thiol groups is 1. The molecule has 0 aromatic heterocycles. The highest BCUT2D eigenvalue weighted by molar-refractivity contribution is 7.80. The number of carbonyl (C=O) groups excluding carboxylic acids is 2. The molecule has 1 aliphatic rings. The molecule has 7 nitrogen and oxygen atoms in total. The normalized spacial score (nSPS) is 22.9. The maximum Gasteiger partial charge on any atom is 0.332 e. The molecule has 120 valence electrons. The van der Waals surface area contributed by atoms with Crippen molar-refractivity contribution in [3.8, 4) is 0 Å². The van der Waals surface area contributed by atoms with Crippen LogP contribution < -0.4 is 0 Å². The molecule has 0 aliphatic carbocycles. The average molecular weight is 319 g/mol. The number of rotatable bonds is 7. The Balaban J connectivity index is 2.62. The Morgan fingerprint density at radius 1 is 1.43 bits per heavy atom. The van der Waals surface area contributed by atoms with Gasteiger partial charge in [0.25, 0.3) is 0 Å². The molecule has 1 rings (SSSR count). The number of nitrogens with zero attached hydrogens (tertiary/aromatic N) is 1. The Labute approximate surface area is 129 Å². The Morgan fingerprint density at radius 2 is 2.10 bits per heavy atom. The Kier molecular flexibility index (Phi) is 6.97. The average Bonchev–Trinajstić information content (AvgIpc) is 2.88. The number of hydrogen-bond acceptors (Lipinski definition) is 6. The minimum atomic E-state index is -1.07. The van der Waals surface area contributed by atoms with Gasteiger partial charge in [-0.15, -0.1) is 0 Å². The van der Waals surface area contributed by atoms with E-state index in [2.05, 4.69) is 12.6 Å². The third kappa shape index (κ3) is 4.89. The van der Waals surface area contributed by atoms with Crippen LogP contribution in [0.5, 0.6) is 0 Å². The van der Waals surface area contributed by atoms with Gasteiger partial charge in [0, 0.05) is 24.6 Å². The van der Waals surface area contributed by atoms with Crippen molar-refractivity contribution in [3.05, 3.63) is 0 Å². The van der Waals surface area contributed by atoms with E-state index >= 15 is 0 Å². The minimum Gasteiger partial charge on any atom is -0.480 e. The zero-order valence-electron chi connectivity index (χ0n) is 12.2. The molecule has 8 heteroatoms. The third-order valence-corrected chi connectivity index (χ3v) is 3.82. The number of likely N-dealkylation sites (tertiary alicyclic amines) is 1. The van der Waals surface area contributed by atoms with Crippen molar-refractivity contribution in [2.24, 2.45) is 5.92 Å². The van der Waals surface area contributed by atoms with E-state index in [0.717, 1.165) is 0 Å². The number of esters is 1. The molecule has 0 bridgehead atoms. The van der Waals surface area contributed by atoms with Crippen molar-refractivity contribution in [2.75, 3.05) is 25.5 Å². The molecule has 0 aromatic carbocycles. The zero-order chi connectivity index (χ0) is 16.0. The second-order valence-corrected chi connectivity index (χ2v) is 5.27. The van der Waals surface area contributed by atoms with E-state index in [0.29, 0.717) is 5.75 Å². The van der Waals surface area contributed by atoms with E-state index in [-0.39, 0.29) is 38.0 Å². The van der Waals surface area contributed by atoms with Crippen LogP contribution in [0.1, 0.15) is 20.3 Å². The molecule has 1 N–H and O–H groups in total. The molecule has 21 heavy (non-hydrogen) atoms. The number of ether oxygens (including phenoxy) is 2. The summed E-state index contributed by atoms with van der Waals surface area (Å²) in [7, 11) is 0. The van der Waals surface area contributed by atoms with Crippen LogP contribution >= 0.6 is 12.6 Å². The lowest BCUT2D eigenvalue weighted by molar-refractivity contribution is -0.150. The predicted octanol–water partition coefficient (Wildman–Crippen LogP) is 0.186. The molecule has 0 saturated carbocycles. The van der Waals surface area contributed by atoms with Crippen molar-refractivity contribution in [2.45, 2.75) is 32.4 Å². The highest BCUT2D eigenvalue weighted by atomic mass is 32.1. The van der Waals surface area contributed by atoms with Gasteiger partial charge in [-0.05, 0) is 6.92 Å². The third-order valence-electron chi connectivity index (χ3n) is 3.27. The van der Waals surface area contributed by atoms with E-state index < -0.39 is 24.1 Å². The lowest BCUT2D eigenvalue weighted by atomic mass is 10.1. The van der Waals surface area contributed by atoms with Crippen LogP contribution in [0.4, 0.5) is 0 Å². The van der Waals surface area contributed by atoms with Gasteiger partial charge in [0.15, 0.2) is 0 Å². The minimum absolute atomic E-state index is 0.160. The summed E-state index contributed by atoms with van der Waals surface area (Å²) >= 11 is 4.06. The summed E-state index contributed by atoms with van der Waals surface area (Å²) in [4.78, 5) is 35.9. The number of carbonyl (C=O) groups is 3. The highest BCUT2D eigenvalue weighted by Crippen LogP contribution is 2.23. The second kappa shape index (κ2) is 8.23. The summed E-state index contributed by atoms with van der Waals surface area (Å²) in [6.07, 6.45) is -0.314. The monoisotopic (exact) mass is 319 g/mol. The van der Waals surface area contributed by atoms with Crippen LogP contribution in [0.25, 0.3) is 0 Å². The number of amides is 1. The van der Waals surface area contributed by atoms with E-state index in [4.69, 9.17) is 9.47 Å². The standard InChI is InChI=1S/C13H21NO6S/c1-3-19-11(15)6-20-9-4-10(13(17)18)14(5-9)12(16)8(2)7-21/h8-10,21H,3-7H2,1-2H3,(H,17,18)/t8?,9?,10-/m0/s1. The molecule has 0 aromatic rings. The van der Waals surface area contributed by atoms with Crippen LogP contribution in [0, 0.1) is 5.92 Å². The molecule has 0 spiro atoms. The molecular formula is C13H21NO6S. The first-order valence-electron chi connectivity index (χ1n) is 6.82. The number of aliphatic carboxylic acids is 1. The quantitative estimate of drug-likeness (QED) is 0.514. The van der Waals surface area contributed by atoms with Crippen molar-refractivity contribution < 1.29 is 29.0 Å². The molecule has 1 fully saturated rings. The van der Waals surface area contributed by atoms with E-state index in [1.54, 1.807) is 13.8 Å². The van der Waals surface area contributed by atoms with Gasteiger partial charge in [-0.2, -0.15) is 12.6 Å². The topological polar surface area (TPSA) is 93.1 Å². The first-order chi connectivity index (χ1) is 9.90. The van der Waals surface area contributed by atoms with Crippen molar-refractivity contribution in [1.82, 2.24) is 4.90 Å². The van der Waals surface area contributed by atoms with Crippen LogP contribution in [0.2, 0.25) is 0 Å². The second-order valence-electron chi connectivity index (χ2n) is 4.90. The van der Waals surface area contributed by atoms with Gasteiger partial charge in [-0.3, -0.25) is 4.79 Å². The summed E-state index contributed by atoms with van der Waals surface area (Å²) in [5.74, 6) is -1.86. The number of hydrogen-bond donors (Lipinski definition) is 2. The largest absolute Gasteiger partial charge is 0.480 e. The zero-order valence-corrected chi connectivity index (χ0v) is 13.0. The maximum atomic E-state index is 12.1. The van der Waals surface area contributed by atoms with Crippen molar-refractivity contribution in [1.29, 1.82) is 0 Å². The van der Waals surface area contributed by atoms with Crippen molar-refractivity contribution in [3.63, 3.8) is 0 Å². The first-order valence-corrected chi connectivity index (χ1v) is 7.45. The van der Waals surface area contributed by atoms with Gasteiger partial charge in [0.1, 0.15) is 12.6 Å². The fourth-order valence-electron chi connectivity index (χ4n) is 2.15. The van der Waals surface area contributed by atoms with Crippen LogP contribution in [-0.2, 0) is 23.9 Å². The Bertz CT molecular complexity index is 402. The van der Waals surface area contributed by atoms with E-state index in [1.807, 2.05) is 0 Å². The van der Waals surface area contributed by atoms with Crippen LogP contribution in [0.3, 0.4) is 0 Å². The lowest BCUT2D eigenvalue weighted by Crippen LogP contribution is -2.43. The summed E-state index contributed by atoms with van der Waals surface area (Å²) < 4.78 is 10.1. The van der Waals surface area contributed by atoms with Gasteiger partial charge in [-0.1, -0.05) is 6.92 Å². The van der Waals surface area contributed by atoms with E-state index in [1.165, 1.54) is 4.90 Å². The van der Waals surface area contributed by atoms with Crippen LogP contribution in [0.15, 0.2) is 0 Å². The molecule has 1 saturated heterocycles. The highest BCUT2D eigenvalue weighted by Gasteiger charge is 2.41. The summed E-state index contributed by atoms with van der Waals surface area (Å²) in [5.41, 5.74) is 0. The fourth-order valence-corrected chi connectivity index (χ4v) is 2.30. The summed E-state index contributed by atoms with van der Waals surface area (Å²) in [6.45, 7) is 3.56. The SMILES string of the molecule is CCOC(=O)COC1C[C@@H](C(=O)O)N(C(=O)C(C)CS)C1. The fraction of sp³-hybridized carbons (Fsp3) is 0.769. The van der Waals surface area contributed by atoms with Crippen molar-refractivity contribution >= 4 is 30.5 Å². The number of carboxylic acid groups (broad SMARTS) is 1. The smallest absolute Gasteiger partial charge is 0.332 e. The molecule has 1 amide bonds. The summed E-state index contributed by atoms with van der Waals surface area (Å²) in [5, 5.41) is 9.21. The molecule has 1 aliphatic heterocycles. The Hall–Kier alpha value is -1.28. The maximum absolute atomic E-state index is 12.1. The van der Waals surface area contributed by atoms with E-state index in [9.17, 15) is 19.5 Å². The van der Waals surface area contributed by atoms with Crippen LogP contribution in [-0.4, -0.2) is 65.5 Å². The first kappa shape index (κ1) is 17.8. The predicted molar refractivity (Wildman–Crippen MR) is 77.1 cm³/mol. The molecule has 0 radical (unpaired) electrons. The Morgan fingerprint density at radius 3 is 2.62 bits per heavy atom. The lowest BCUT2D eigenvalue weighted by Gasteiger charge is -2.24. The van der Waals surface area contributed by atoms with Gasteiger partial charge in [0.05, 0.1) is 12.7 Å².